The maximum atomic E-state index is 13.1. The van der Waals surface area contributed by atoms with E-state index < -0.39 is 0 Å². The molecule has 5 nitrogen and oxygen atoms in total. The molecule has 4 rings (SSSR count). The van der Waals surface area contributed by atoms with Crippen molar-refractivity contribution >= 4 is 17.5 Å². The van der Waals surface area contributed by atoms with Crippen LogP contribution in [0.25, 0.3) is 0 Å². The molecule has 0 N–H and O–H groups in total. The Balaban J connectivity index is 1.62. The first-order chi connectivity index (χ1) is 12.6. The van der Waals surface area contributed by atoms with E-state index in [1.54, 1.807) is 23.1 Å². The van der Waals surface area contributed by atoms with Crippen LogP contribution in [0.2, 0.25) is 0 Å². The van der Waals surface area contributed by atoms with Gasteiger partial charge in [-0.1, -0.05) is 31.2 Å². The number of benzene rings is 1. The van der Waals surface area contributed by atoms with Crippen molar-refractivity contribution in [2.24, 2.45) is 0 Å². The summed E-state index contributed by atoms with van der Waals surface area (Å²) in [6.07, 6.45) is 3.00. The lowest BCUT2D eigenvalue weighted by molar-refractivity contribution is 0.0787. The highest BCUT2D eigenvalue weighted by Crippen LogP contribution is 2.35. The van der Waals surface area contributed by atoms with Gasteiger partial charge in [0.15, 0.2) is 0 Å². The minimum absolute atomic E-state index is 0.0789. The highest BCUT2D eigenvalue weighted by molar-refractivity contribution is 6.06. The molecule has 1 saturated heterocycles. The van der Waals surface area contributed by atoms with Crippen LogP contribution in [0, 0.1) is 0 Å². The minimum Gasteiger partial charge on any atom is -0.337 e. The Morgan fingerprint density at radius 1 is 0.923 bits per heavy atom. The van der Waals surface area contributed by atoms with Gasteiger partial charge in [0.1, 0.15) is 11.4 Å². The summed E-state index contributed by atoms with van der Waals surface area (Å²) in [7, 11) is 0. The molecule has 2 aliphatic heterocycles. The number of pyridine rings is 1. The molecular formula is C21H23N3O2. The third-order valence-electron chi connectivity index (χ3n) is 5.37. The van der Waals surface area contributed by atoms with E-state index >= 15 is 0 Å². The van der Waals surface area contributed by atoms with Crippen LogP contribution in [0.15, 0.2) is 42.5 Å². The van der Waals surface area contributed by atoms with Gasteiger partial charge in [-0.25, -0.2) is 4.98 Å². The monoisotopic (exact) mass is 349 g/mol. The molecule has 3 heterocycles. The average Bonchev–Trinajstić information content (AvgIpc) is 3.22. The summed E-state index contributed by atoms with van der Waals surface area (Å²) in [6.45, 7) is 4.41. The predicted octanol–water partition coefficient (Wildman–Crippen LogP) is 3.47. The number of rotatable bonds is 2. The van der Waals surface area contributed by atoms with E-state index in [1.165, 1.54) is 5.56 Å². The molecule has 0 aliphatic carbocycles. The van der Waals surface area contributed by atoms with Crippen LogP contribution in [-0.2, 0) is 0 Å². The van der Waals surface area contributed by atoms with Crippen LogP contribution in [0.5, 0.6) is 0 Å². The van der Waals surface area contributed by atoms with Crippen molar-refractivity contribution in [2.75, 3.05) is 24.5 Å². The van der Waals surface area contributed by atoms with Crippen molar-refractivity contribution in [3.05, 3.63) is 59.4 Å². The molecule has 1 aromatic carbocycles. The molecule has 26 heavy (non-hydrogen) atoms. The van der Waals surface area contributed by atoms with Gasteiger partial charge in [-0.15, -0.1) is 0 Å². The van der Waals surface area contributed by atoms with Crippen molar-refractivity contribution in [1.82, 2.24) is 9.88 Å². The summed E-state index contributed by atoms with van der Waals surface area (Å²) in [5, 5.41) is 0. The van der Waals surface area contributed by atoms with E-state index in [2.05, 4.69) is 18.0 Å². The smallest absolute Gasteiger partial charge is 0.276 e. The zero-order chi connectivity index (χ0) is 18.1. The molecule has 0 saturated carbocycles. The minimum atomic E-state index is -0.138. The number of hydrogen-bond acceptors (Lipinski definition) is 3. The van der Waals surface area contributed by atoms with Gasteiger partial charge in [0.2, 0.25) is 0 Å². The van der Waals surface area contributed by atoms with E-state index in [0.29, 0.717) is 23.9 Å². The molecule has 1 atom stereocenters. The Morgan fingerprint density at radius 3 is 2.38 bits per heavy atom. The van der Waals surface area contributed by atoms with Crippen LogP contribution in [0.3, 0.4) is 0 Å². The quantitative estimate of drug-likeness (QED) is 0.834. The Kier molecular flexibility index (Phi) is 4.45. The molecule has 0 radical (unpaired) electrons. The number of fused-ring (bicyclic) bond motifs is 1. The maximum absolute atomic E-state index is 13.1. The molecule has 5 heteroatoms. The Labute approximate surface area is 153 Å². The molecule has 1 unspecified atom stereocenters. The number of carbonyl (C=O) groups excluding carboxylic acids is 2. The molecule has 2 aromatic rings. The highest BCUT2D eigenvalue weighted by Gasteiger charge is 2.28. The fourth-order valence-electron chi connectivity index (χ4n) is 3.85. The largest absolute Gasteiger partial charge is 0.337 e. The van der Waals surface area contributed by atoms with Gasteiger partial charge in [-0.05, 0) is 48.9 Å². The number of likely N-dealkylation sites (tertiary alicyclic amines) is 1. The standard InChI is InChI=1S/C21H23N3O2/c1-15-11-14-24(19-10-3-2-7-16(15)19)21(26)18-9-6-8-17(22-18)20(25)23-12-4-5-13-23/h2-3,6-10,15H,4-5,11-14H2,1H3. The first kappa shape index (κ1) is 16.8. The van der Waals surface area contributed by atoms with E-state index in [0.717, 1.165) is 38.0 Å². The Morgan fingerprint density at radius 2 is 1.62 bits per heavy atom. The number of para-hydroxylation sites is 1. The third-order valence-corrected chi connectivity index (χ3v) is 5.37. The van der Waals surface area contributed by atoms with Crippen molar-refractivity contribution in [3.63, 3.8) is 0 Å². The maximum Gasteiger partial charge on any atom is 0.276 e. The zero-order valence-electron chi connectivity index (χ0n) is 15.0. The lowest BCUT2D eigenvalue weighted by Gasteiger charge is -2.32. The van der Waals surface area contributed by atoms with E-state index in [1.807, 2.05) is 23.1 Å². The van der Waals surface area contributed by atoms with Gasteiger partial charge in [0.25, 0.3) is 11.8 Å². The van der Waals surface area contributed by atoms with E-state index in [-0.39, 0.29) is 11.8 Å². The fraction of sp³-hybridized carbons (Fsp3) is 0.381. The van der Waals surface area contributed by atoms with Gasteiger partial charge < -0.3 is 9.80 Å². The number of carbonyl (C=O) groups is 2. The van der Waals surface area contributed by atoms with Gasteiger partial charge >= 0.3 is 0 Å². The summed E-state index contributed by atoms with van der Waals surface area (Å²) in [4.78, 5) is 33.7. The van der Waals surface area contributed by atoms with Crippen LogP contribution in [-0.4, -0.2) is 41.3 Å². The number of aromatic nitrogens is 1. The van der Waals surface area contributed by atoms with Gasteiger partial charge in [0, 0.05) is 25.3 Å². The molecule has 0 bridgehead atoms. The van der Waals surface area contributed by atoms with Crippen molar-refractivity contribution < 1.29 is 9.59 Å². The first-order valence-corrected chi connectivity index (χ1v) is 9.32. The second-order valence-electron chi connectivity index (χ2n) is 7.11. The third kappa shape index (κ3) is 2.98. The fourth-order valence-corrected chi connectivity index (χ4v) is 3.85. The SMILES string of the molecule is CC1CCN(C(=O)c2cccc(C(=O)N3CCCC3)n2)c2ccccc21. The van der Waals surface area contributed by atoms with Crippen molar-refractivity contribution in [1.29, 1.82) is 0 Å². The predicted molar refractivity (Wildman–Crippen MR) is 101 cm³/mol. The summed E-state index contributed by atoms with van der Waals surface area (Å²) in [5.74, 6) is 0.219. The molecular weight excluding hydrogens is 326 g/mol. The second-order valence-corrected chi connectivity index (χ2v) is 7.11. The number of nitrogens with zero attached hydrogens (tertiary/aromatic N) is 3. The molecule has 0 spiro atoms. The second kappa shape index (κ2) is 6.90. The molecule has 2 amide bonds. The van der Waals surface area contributed by atoms with E-state index in [4.69, 9.17) is 0 Å². The number of hydrogen-bond donors (Lipinski definition) is 0. The van der Waals surface area contributed by atoms with Crippen LogP contribution in [0.4, 0.5) is 5.69 Å². The van der Waals surface area contributed by atoms with Crippen molar-refractivity contribution in [3.8, 4) is 0 Å². The highest BCUT2D eigenvalue weighted by atomic mass is 16.2. The zero-order valence-corrected chi connectivity index (χ0v) is 15.0. The Hall–Kier alpha value is -2.69. The van der Waals surface area contributed by atoms with Crippen molar-refractivity contribution in [2.45, 2.75) is 32.1 Å². The first-order valence-electron chi connectivity index (χ1n) is 9.32. The normalized spacial score (nSPS) is 19.3. The molecule has 2 aliphatic rings. The van der Waals surface area contributed by atoms with Gasteiger partial charge in [-0.2, -0.15) is 0 Å². The summed E-state index contributed by atoms with van der Waals surface area (Å²) < 4.78 is 0. The summed E-state index contributed by atoms with van der Waals surface area (Å²) in [5.41, 5.74) is 2.83. The number of anilines is 1. The molecule has 134 valence electrons. The lowest BCUT2D eigenvalue weighted by atomic mass is 9.91. The topological polar surface area (TPSA) is 53.5 Å². The van der Waals surface area contributed by atoms with E-state index in [9.17, 15) is 9.59 Å². The van der Waals surface area contributed by atoms with Crippen LogP contribution < -0.4 is 4.90 Å². The molecule has 1 fully saturated rings. The average molecular weight is 349 g/mol. The lowest BCUT2D eigenvalue weighted by Crippen LogP contribution is -2.37. The Bertz CT molecular complexity index is 843. The van der Waals surface area contributed by atoms with Gasteiger partial charge in [-0.3, -0.25) is 9.59 Å². The van der Waals surface area contributed by atoms with Crippen LogP contribution >= 0.6 is 0 Å². The molecule has 1 aromatic heterocycles. The van der Waals surface area contributed by atoms with Crippen LogP contribution in [0.1, 0.15) is 58.6 Å². The summed E-state index contributed by atoms with van der Waals surface area (Å²) >= 11 is 0. The summed E-state index contributed by atoms with van der Waals surface area (Å²) in [6, 6.07) is 13.2. The van der Waals surface area contributed by atoms with Gasteiger partial charge in [0.05, 0.1) is 0 Å². The number of amides is 2.